The highest BCUT2D eigenvalue weighted by atomic mass is 79.9. The van der Waals surface area contributed by atoms with E-state index >= 15 is 0 Å². The van der Waals surface area contributed by atoms with Gasteiger partial charge >= 0.3 is 0 Å². The zero-order chi connectivity index (χ0) is 10.3. The monoisotopic (exact) mass is 256 g/mol. The molecule has 0 aromatic carbocycles. The smallest absolute Gasteiger partial charge is 0.267 e. The molecule has 0 spiro atoms. The fourth-order valence-corrected chi connectivity index (χ4v) is 1.69. The number of amides is 1. The van der Waals surface area contributed by atoms with Gasteiger partial charge < -0.3 is 9.64 Å². The minimum Gasteiger partial charge on any atom is -0.479 e. The molecule has 4 nitrogen and oxygen atoms in total. The molecule has 14 heavy (non-hydrogen) atoms. The SMILES string of the molecule is C[C@H]1Oc2cc(Br)ncc2N(C)C1=O. The standard InChI is InChI=1S/C9H9BrN2O2/c1-5-9(13)12(2)6-4-11-8(10)3-7(6)14-5/h3-5H,1-2H3/t5-/m1/s1. The molecule has 0 saturated carbocycles. The van der Waals surface area contributed by atoms with Crippen LogP contribution >= 0.6 is 15.9 Å². The highest BCUT2D eigenvalue weighted by Crippen LogP contribution is 2.33. The molecule has 0 unspecified atom stereocenters. The molecular weight excluding hydrogens is 248 g/mol. The van der Waals surface area contributed by atoms with Crippen molar-refractivity contribution < 1.29 is 9.53 Å². The molecule has 0 saturated heterocycles. The van der Waals surface area contributed by atoms with Crippen molar-refractivity contribution in [1.82, 2.24) is 4.98 Å². The predicted octanol–water partition coefficient (Wildman–Crippen LogP) is 1.59. The van der Waals surface area contributed by atoms with E-state index in [1.54, 1.807) is 31.1 Å². The normalized spacial score (nSPS) is 20.4. The van der Waals surface area contributed by atoms with Crippen molar-refractivity contribution in [2.45, 2.75) is 13.0 Å². The summed E-state index contributed by atoms with van der Waals surface area (Å²) in [5.41, 5.74) is 0.705. The number of hydrogen-bond acceptors (Lipinski definition) is 3. The van der Waals surface area contributed by atoms with Crippen LogP contribution in [-0.4, -0.2) is 24.0 Å². The number of pyridine rings is 1. The van der Waals surface area contributed by atoms with Gasteiger partial charge in [-0.15, -0.1) is 0 Å². The minimum absolute atomic E-state index is 0.0541. The molecule has 0 radical (unpaired) electrons. The van der Waals surface area contributed by atoms with Gasteiger partial charge in [-0.1, -0.05) is 0 Å². The molecule has 1 aromatic heterocycles. The summed E-state index contributed by atoms with van der Waals surface area (Å²) in [4.78, 5) is 17.1. The van der Waals surface area contributed by atoms with Crippen LogP contribution in [0.5, 0.6) is 5.75 Å². The van der Waals surface area contributed by atoms with E-state index in [4.69, 9.17) is 4.74 Å². The van der Waals surface area contributed by atoms with Crippen molar-refractivity contribution in [1.29, 1.82) is 0 Å². The Hall–Kier alpha value is -1.10. The van der Waals surface area contributed by atoms with E-state index in [9.17, 15) is 4.79 Å². The fraction of sp³-hybridized carbons (Fsp3) is 0.333. The number of carbonyl (C=O) groups excluding carboxylic acids is 1. The lowest BCUT2D eigenvalue weighted by molar-refractivity contribution is -0.125. The van der Waals surface area contributed by atoms with Crippen molar-refractivity contribution >= 4 is 27.5 Å². The van der Waals surface area contributed by atoms with Crippen LogP contribution in [0.25, 0.3) is 0 Å². The molecule has 0 fully saturated rings. The Balaban J connectivity index is 2.50. The molecular formula is C9H9BrN2O2. The van der Waals surface area contributed by atoms with Gasteiger partial charge in [-0.25, -0.2) is 4.98 Å². The third-order valence-electron chi connectivity index (χ3n) is 2.16. The highest BCUT2D eigenvalue weighted by molar-refractivity contribution is 9.10. The van der Waals surface area contributed by atoms with Crippen molar-refractivity contribution in [3.05, 3.63) is 16.9 Å². The topological polar surface area (TPSA) is 42.4 Å². The maximum atomic E-state index is 11.5. The summed E-state index contributed by atoms with van der Waals surface area (Å²) in [7, 11) is 1.72. The molecule has 5 heteroatoms. The van der Waals surface area contributed by atoms with Crippen molar-refractivity contribution in [2.24, 2.45) is 0 Å². The third-order valence-corrected chi connectivity index (χ3v) is 2.59. The second kappa shape index (κ2) is 3.24. The van der Waals surface area contributed by atoms with Gasteiger partial charge in [0, 0.05) is 13.1 Å². The van der Waals surface area contributed by atoms with E-state index < -0.39 is 6.10 Å². The molecule has 1 atom stereocenters. The molecule has 1 amide bonds. The molecule has 74 valence electrons. The molecule has 1 aliphatic heterocycles. The number of fused-ring (bicyclic) bond motifs is 1. The van der Waals surface area contributed by atoms with Gasteiger partial charge in [0.15, 0.2) is 6.10 Å². The zero-order valence-corrected chi connectivity index (χ0v) is 9.41. The summed E-state index contributed by atoms with van der Waals surface area (Å²) in [6.45, 7) is 1.73. The zero-order valence-electron chi connectivity index (χ0n) is 7.82. The van der Waals surface area contributed by atoms with E-state index in [0.29, 0.717) is 16.0 Å². The number of aromatic nitrogens is 1. The Kier molecular flexibility index (Phi) is 2.19. The van der Waals surface area contributed by atoms with Gasteiger partial charge in [0.25, 0.3) is 5.91 Å². The molecule has 0 bridgehead atoms. The Morgan fingerprint density at radius 2 is 2.36 bits per heavy atom. The van der Waals surface area contributed by atoms with Gasteiger partial charge in [-0.2, -0.15) is 0 Å². The lowest BCUT2D eigenvalue weighted by Crippen LogP contribution is -2.42. The van der Waals surface area contributed by atoms with E-state index in [1.165, 1.54) is 0 Å². The van der Waals surface area contributed by atoms with Gasteiger partial charge in [0.1, 0.15) is 16.0 Å². The Labute approximate surface area is 90.0 Å². The van der Waals surface area contributed by atoms with Crippen molar-refractivity contribution in [3.63, 3.8) is 0 Å². The van der Waals surface area contributed by atoms with Crippen LogP contribution in [0.1, 0.15) is 6.92 Å². The number of anilines is 1. The van der Waals surface area contributed by atoms with E-state index in [0.717, 1.165) is 0 Å². The van der Waals surface area contributed by atoms with Crippen LogP contribution in [0.15, 0.2) is 16.9 Å². The average molecular weight is 257 g/mol. The first-order valence-corrected chi connectivity index (χ1v) is 4.98. The highest BCUT2D eigenvalue weighted by Gasteiger charge is 2.29. The molecule has 2 heterocycles. The van der Waals surface area contributed by atoms with Crippen LogP contribution in [0, 0.1) is 0 Å². The first-order chi connectivity index (χ1) is 6.59. The summed E-state index contributed by atoms with van der Waals surface area (Å²) in [5.74, 6) is 0.628. The Bertz CT molecular complexity index is 394. The quantitative estimate of drug-likeness (QED) is 0.663. The van der Waals surface area contributed by atoms with E-state index in [2.05, 4.69) is 20.9 Å². The number of ether oxygens (including phenoxy) is 1. The molecule has 0 aliphatic carbocycles. The number of carbonyl (C=O) groups is 1. The van der Waals surface area contributed by atoms with Crippen LogP contribution in [-0.2, 0) is 4.79 Å². The number of hydrogen-bond donors (Lipinski definition) is 0. The number of rotatable bonds is 0. The molecule has 1 aromatic rings. The largest absolute Gasteiger partial charge is 0.479 e. The van der Waals surface area contributed by atoms with Crippen LogP contribution in [0.3, 0.4) is 0 Å². The predicted molar refractivity (Wildman–Crippen MR) is 55.4 cm³/mol. The third kappa shape index (κ3) is 1.37. The second-order valence-electron chi connectivity index (χ2n) is 3.13. The van der Waals surface area contributed by atoms with Crippen LogP contribution < -0.4 is 9.64 Å². The molecule has 2 rings (SSSR count). The Morgan fingerprint density at radius 3 is 3.07 bits per heavy atom. The summed E-state index contributed by atoms with van der Waals surface area (Å²) in [6.07, 6.45) is 1.19. The van der Waals surface area contributed by atoms with Crippen LogP contribution in [0.4, 0.5) is 5.69 Å². The summed E-state index contributed by atoms with van der Waals surface area (Å²) < 4.78 is 6.13. The first-order valence-electron chi connectivity index (χ1n) is 4.19. The summed E-state index contributed by atoms with van der Waals surface area (Å²) >= 11 is 3.25. The van der Waals surface area contributed by atoms with Gasteiger partial charge in [0.05, 0.1) is 6.20 Å². The number of likely N-dealkylation sites (N-methyl/N-ethyl adjacent to an activating group) is 1. The van der Waals surface area contributed by atoms with Crippen molar-refractivity contribution in [3.8, 4) is 5.75 Å². The van der Waals surface area contributed by atoms with Gasteiger partial charge in [-0.3, -0.25) is 4.79 Å². The van der Waals surface area contributed by atoms with E-state index in [1.807, 2.05) is 0 Å². The average Bonchev–Trinajstić information content (AvgIpc) is 2.14. The van der Waals surface area contributed by atoms with Gasteiger partial charge in [0.2, 0.25) is 0 Å². The Morgan fingerprint density at radius 1 is 1.64 bits per heavy atom. The summed E-state index contributed by atoms with van der Waals surface area (Å²) in [5, 5.41) is 0. The maximum absolute atomic E-state index is 11.5. The molecule has 0 N–H and O–H groups in total. The minimum atomic E-state index is -0.429. The number of nitrogens with zero attached hydrogens (tertiary/aromatic N) is 2. The maximum Gasteiger partial charge on any atom is 0.267 e. The van der Waals surface area contributed by atoms with Gasteiger partial charge in [-0.05, 0) is 22.9 Å². The number of halogens is 1. The lowest BCUT2D eigenvalue weighted by Gasteiger charge is -2.29. The lowest BCUT2D eigenvalue weighted by atomic mass is 10.2. The van der Waals surface area contributed by atoms with Crippen molar-refractivity contribution in [2.75, 3.05) is 11.9 Å². The summed E-state index contributed by atoms with van der Waals surface area (Å²) in [6, 6.07) is 1.76. The fourth-order valence-electron chi connectivity index (χ4n) is 1.38. The second-order valence-corrected chi connectivity index (χ2v) is 3.94. The van der Waals surface area contributed by atoms with E-state index in [-0.39, 0.29) is 5.91 Å². The van der Waals surface area contributed by atoms with Crippen LogP contribution in [0.2, 0.25) is 0 Å². The first kappa shape index (κ1) is 9.45. The molecule has 1 aliphatic rings.